The second-order valence-electron chi connectivity index (χ2n) is 5.06. The first-order valence-corrected chi connectivity index (χ1v) is 7.48. The van der Waals surface area contributed by atoms with Crippen LogP contribution in [0.25, 0.3) is 0 Å². The maximum Gasteiger partial charge on any atom is 0.253 e. The van der Waals surface area contributed by atoms with Crippen LogP contribution in [0.2, 0.25) is 10.0 Å². The molecule has 0 aliphatic carbocycles. The van der Waals surface area contributed by atoms with Gasteiger partial charge in [-0.25, -0.2) is 9.67 Å². The molecule has 2 aromatic rings. The van der Waals surface area contributed by atoms with E-state index < -0.39 is 0 Å². The average Bonchev–Trinajstić information content (AvgIpc) is 3.00. The molecule has 1 saturated heterocycles. The van der Waals surface area contributed by atoms with Gasteiger partial charge in [0.25, 0.3) is 5.91 Å². The number of nitrogens with zero attached hydrogens (tertiary/aromatic N) is 4. The predicted octanol–water partition coefficient (Wildman–Crippen LogP) is 3.06. The highest BCUT2D eigenvalue weighted by atomic mass is 35.5. The minimum absolute atomic E-state index is 0.0311. The lowest BCUT2D eigenvalue weighted by atomic mass is 10.0. The number of carbonyl (C=O) groups excluding carboxylic acids is 1. The van der Waals surface area contributed by atoms with Crippen LogP contribution in [-0.4, -0.2) is 38.7 Å². The maximum absolute atomic E-state index is 12.5. The van der Waals surface area contributed by atoms with Crippen molar-refractivity contribution in [3.63, 3.8) is 0 Å². The van der Waals surface area contributed by atoms with Gasteiger partial charge < -0.3 is 4.90 Å². The molecule has 0 spiro atoms. The van der Waals surface area contributed by atoms with Crippen LogP contribution in [0, 0.1) is 0 Å². The summed E-state index contributed by atoms with van der Waals surface area (Å²) in [6.45, 7) is 1.38. The van der Waals surface area contributed by atoms with Gasteiger partial charge in [0, 0.05) is 28.7 Å². The van der Waals surface area contributed by atoms with Gasteiger partial charge in [0.05, 0.1) is 6.04 Å². The molecular formula is C14H14Cl2N4O. The molecule has 0 bridgehead atoms. The van der Waals surface area contributed by atoms with Gasteiger partial charge in [-0.05, 0) is 31.0 Å². The van der Waals surface area contributed by atoms with Crippen LogP contribution < -0.4 is 0 Å². The lowest BCUT2D eigenvalue weighted by molar-refractivity contribution is 0.0690. The molecule has 1 aliphatic rings. The number of amides is 1. The van der Waals surface area contributed by atoms with Crippen molar-refractivity contribution in [2.24, 2.45) is 0 Å². The Morgan fingerprint density at radius 3 is 2.38 bits per heavy atom. The lowest BCUT2D eigenvalue weighted by Crippen LogP contribution is -2.39. The van der Waals surface area contributed by atoms with E-state index in [0.29, 0.717) is 34.7 Å². The van der Waals surface area contributed by atoms with Crippen LogP contribution in [0.3, 0.4) is 0 Å². The van der Waals surface area contributed by atoms with Crippen LogP contribution >= 0.6 is 23.2 Å². The molecule has 1 aromatic heterocycles. The third kappa shape index (κ3) is 3.19. The van der Waals surface area contributed by atoms with Gasteiger partial charge in [-0.15, -0.1) is 0 Å². The number of halogens is 2. The quantitative estimate of drug-likeness (QED) is 0.853. The van der Waals surface area contributed by atoms with E-state index >= 15 is 0 Å². The fourth-order valence-corrected chi connectivity index (χ4v) is 3.13. The zero-order chi connectivity index (χ0) is 14.8. The molecule has 110 valence electrons. The molecule has 7 heteroatoms. The normalized spacial score (nSPS) is 16.2. The Morgan fingerprint density at radius 1 is 1.14 bits per heavy atom. The van der Waals surface area contributed by atoms with E-state index in [1.165, 1.54) is 6.33 Å². The summed E-state index contributed by atoms with van der Waals surface area (Å²) in [5.74, 6) is -0.0311. The van der Waals surface area contributed by atoms with Crippen LogP contribution in [0.15, 0.2) is 30.9 Å². The summed E-state index contributed by atoms with van der Waals surface area (Å²) in [5.41, 5.74) is 0.534. The molecule has 3 rings (SSSR count). The zero-order valence-corrected chi connectivity index (χ0v) is 12.8. The Hall–Kier alpha value is -1.59. The Kier molecular flexibility index (Phi) is 4.12. The molecule has 0 N–H and O–H groups in total. The van der Waals surface area contributed by atoms with E-state index in [0.717, 1.165) is 12.8 Å². The third-order valence-corrected chi connectivity index (χ3v) is 4.11. The van der Waals surface area contributed by atoms with E-state index in [1.807, 2.05) is 9.58 Å². The van der Waals surface area contributed by atoms with Gasteiger partial charge in [0.1, 0.15) is 12.7 Å². The first kappa shape index (κ1) is 14.4. The fraction of sp³-hybridized carbons (Fsp3) is 0.357. The van der Waals surface area contributed by atoms with Gasteiger partial charge in [0.2, 0.25) is 0 Å². The molecule has 21 heavy (non-hydrogen) atoms. The van der Waals surface area contributed by atoms with Gasteiger partial charge in [0.15, 0.2) is 0 Å². The van der Waals surface area contributed by atoms with Crippen molar-refractivity contribution in [1.29, 1.82) is 0 Å². The number of piperidine rings is 1. The van der Waals surface area contributed by atoms with E-state index in [1.54, 1.807) is 24.5 Å². The predicted molar refractivity (Wildman–Crippen MR) is 80.7 cm³/mol. The SMILES string of the molecule is O=C(c1cc(Cl)cc(Cl)c1)N1CCC(n2cncn2)CC1. The third-order valence-electron chi connectivity index (χ3n) is 3.67. The molecule has 1 aliphatic heterocycles. The maximum atomic E-state index is 12.5. The second kappa shape index (κ2) is 6.03. The number of hydrogen-bond donors (Lipinski definition) is 0. The first-order valence-electron chi connectivity index (χ1n) is 6.73. The van der Waals surface area contributed by atoms with Gasteiger partial charge in [-0.2, -0.15) is 5.10 Å². The largest absolute Gasteiger partial charge is 0.338 e. The van der Waals surface area contributed by atoms with E-state index in [9.17, 15) is 4.79 Å². The molecule has 1 fully saturated rings. The first-order chi connectivity index (χ1) is 10.1. The highest BCUT2D eigenvalue weighted by Crippen LogP contribution is 2.24. The van der Waals surface area contributed by atoms with Gasteiger partial charge in [-0.1, -0.05) is 23.2 Å². The zero-order valence-electron chi connectivity index (χ0n) is 11.2. The molecular weight excluding hydrogens is 311 g/mol. The minimum atomic E-state index is -0.0311. The number of aromatic nitrogens is 3. The van der Waals surface area contributed by atoms with Crippen molar-refractivity contribution in [1.82, 2.24) is 19.7 Å². The Bertz CT molecular complexity index is 616. The topological polar surface area (TPSA) is 51.0 Å². The Labute approximate surface area is 132 Å². The van der Waals surface area contributed by atoms with Crippen LogP contribution in [0.1, 0.15) is 29.2 Å². The molecule has 1 amide bonds. The summed E-state index contributed by atoms with van der Waals surface area (Å²) in [6.07, 6.45) is 4.98. The summed E-state index contributed by atoms with van der Waals surface area (Å²) in [5, 5.41) is 5.11. The molecule has 0 atom stereocenters. The summed E-state index contributed by atoms with van der Waals surface area (Å²) < 4.78 is 1.86. The standard InChI is InChI=1S/C14H14Cl2N4O/c15-11-5-10(6-12(16)7-11)14(21)19-3-1-13(2-4-19)20-9-17-8-18-20/h5-9,13H,1-4H2. The van der Waals surface area contributed by atoms with Crippen molar-refractivity contribution in [2.45, 2.75) is 18.9 Å². The number of benzene rings is 1. The highest BCUT2D eigenvalue weighted by molar-refractivity contribution is 6.35. The number of hydrogen-bond acceptors (Lipinski definition) is 3. The van der Waals surface area contributed by atoms with E-state index in [4.69, 9.17) is 23.2 Å². The van der Waals surface area contributed by atoms with Crippen LogP contribution in [-0.2, 0) is 0 Å². The second-order valence-corrected chi connectivity index (χ2v) is 5.93. The number of rotatable bonds is 2. The van der Waals surface area contributed by atoms with Crippen LogP contribution in [0.5, 0.6) is 0 Å². The average molecular weight is 325 g/mol. The fourth-order valence-electron chi connectivity index (χ4n) is 2.60. The summed E-state index contributed by atoms with van der Waals surface area (Å²) in [7, 11) is 0. The molecule has 1 aromatic carbocycles. The van der Waals surface area contributed by atoms with Crippen molar-refractivity contribution >= 4 is 29.1 Å². The van der Waals surface area contributed by atoms with Crippen molar-refractivity contribution in [3.05, 3.63) is 46.5 Å². The molecule has 5 nitrogen and oxygen atoms in total. The number of carbonyl (C=O) groups is 1. The van der Waals surface area contributed by atoms with Gasteiger partial charge in [-0.3, -0.25) is 4.79 Å². The van der Waals surface area contributed by atoms with Gasteiger partial charge >= 0.3 is 0 Å². The van der Waals surface area contributed by atoms with Crippen molar-refractivity contribution < 1.29 is 4.79 Å². The summed E-state index contributed by atoms with van der Waals surface area (Å²) in [4.78, 5) is 18.3. The molecule has 0 radical (unpaired) electrons. The van der Waals surface area contributed by atoms with Crippen molar-refractivity contribution in [2.75, 3.05) is 13.1 Å². The monoisotopic (exact) mass is 324 g/mol. The lowest BCUT2D eigenvalue weighted by Gasteiger charge is -2.32. The number of likely N-dealkylation sites (tertiary alicyclic amines) is 1. The van der Waals surface area contributed by atoms with Crippen molar-refractivity contribution in [3.8, 4) is 0 Å². The Morgan fingerprint density at radius 2 is 1.81 bits per heavy atom. The minimum Gasteiger partial charge on any atom is -0.338 e. The molecule has 0 unspecified atom stereocenters. The van der Waals surface area contributed by atoms with E-state index in [2.05, 4.69) is 10.1 Å². The smallest absolute Gasteiger partial charge is 0.253 e. The van der Waals surface area contributed by atoms with Crippen LogP contribution in [0.4, 0.5) is 0 Å². The highest BCUT2D eigenvalue weighted by Gasteiger charge is 2.25. The molecule has 2 heterocycles. The summed E-state index contributed by atoms with van der Waals surface area (Å²) in [6, 6.07) is 5.23. The molecule has 0 saturated carbocycles. The van der Waals surface area contributed by atoms with E-state index in [-0.39, 0.29) is 5.91 Å². The summed E-state index contributed by atoms with van der Waals surface area (Å²) >= 11 is 11.9. The Balaban J connectivity index is 1.67.